The fourth-order valence-electron chi connectivity index (χ4n) is 1.73. The molecule has 0 aromatic heterocycles. The molecule has 5 heteroatoms. The molecule has 1 atom stereocenters. The number of rotatable bonds is 1. The van der Waals surface area contributed by atoms with Gasteiger partial charge in [-0.3, -0.25) is 0 Å². The first-order valence-corrected chi connectivity index (χ1v) is 5.02. The Labute approximate surface area is 93.0 Å². The van der Waals surface area contributed by atoms with Crippen molar-refractivity contribution in [2.45, 2.75) is 6.10 Å². The molecular formula is C11H12FN3O. The van der Waals surface area contributed by atoms with E-state index >= 15 is 0 Å². The first-order valence-electron chi connectivity index (χ1n) is 5.02. The topological polar surface area (TPSA) is 62.3 Å². The Morgan fingerprint density at radius 2 is 2.38 bits per heavy atom. The van der Waals surface area contributed by atoms with Crippen LogP contribution in [0.4, 0.5) is 15.8 Å². The van der Waals surface area contributed by atoms with Crippen molar-refractivity contribution in [2.75, 3.05) is 30.3 Å². The predicted octanol–water partition coefficient (Wildman–Crippen LogP) is 1.14. The van der Waals surface area contributed by atoms with E-state index in [0.717, 1.165) is 0 Å². The Balaban J connectivity index is 2.20. The van der Waals surface area contributed by atoms with E-state index < -0.39 is 6.10 Å². The Morgan fingerprint density at radius 1 is 1.56 bits per heavy atom. The number of hydrogen-bond acceptors (Lipinski definition) is 4. The van der Waals surface area contributed by atoms with Crippen LogP contribution < -0.4 is 10.6 Å². The van der Waals surface area contributed by atoms with Gasteiger partial charge in [0.25, 0.3) is 0 Å². The summed E-state index contributed by atoms with van der Waals surface area (Å²) in [5.74, 6) is -0.362. The monoisotopic (exact) mass is 221 g/mol. The number of ether oxygens (including phenoxy) is 1. The highest BCUT2D eigenvalue weighted by atomic mass is 19.1. The lowest BCUT2D eigenvalue weighted by Gasteiger charge is -2.31. The van der Waals surface area contributed by atoms with Crippen LogP contribution in [0.15, 0.2) is 18.2 Å². The third-order valence-electron chi connectivity index (χ3n) is 2.52. The number of nitrogens with zero attached hydrogens (tertiary/aromatic N) is 2. The Bertz CT molecular complexity index is 430. The van der Waals surface area contributed by atoms with E-state index in [-0.39, 0.29) is 5.82 Å². The van der Waals surface area contributed by atoms with Crippen LogP contribution >= 0.6 is 0 Å². The van der Waals surface area contributed by atoms with Crippen molar-refractivity contribution >= 4 is 11.4 Å². The lowest BCUT2D eigenvalue weighted by atomic mass is 10.2. The lowest BCUT2D eigenvalue weighted by molar-refractivity contribution is 0.0762. The van der Waals surface area contributed by atoms with E-state index in [9.17, 15) is 4.39 Å². The van der Waals surface area contributed by atoms with Crippen molar-refractivity contribution in [3.05, 3.63) is 24.0 Å². The van der Waals surface area contributed by atoms with Crippen LogP contribution in [0.1, 0.15) is 0 Å². The summed E-state index contributed by atoms with van der Waals surface area (Å²) in [5, 5.41) is 8.75. The van der Waals surface area contributed by atoms with Gasteiger partial charge in [0.05, 0.1) is 24.9 Å². The molecule has 0 radical (unpaired) electrons. The number of morpholine rings is 1. The third kappa shape index (κ3) is 2.07. The SMILES string of the molecule is N#CC1CN(c2ccc(N)cc2F)CCO1. The van der Waals surface area contributed by atoms with Gasteiger partial charge in [0.2, 0.25) is 0 Å². The number of halogens is 1. The van der Waals surface area contributed by atoms with Crippen molar-refractivity contribution in [3.8, 4) is 6.07 Å². The highest BCUT2D eigenvalue weighted by Crippen LogP contribution is 2.23. The first kappa shape index (κ1) is 10.7. The van der Waals surface area contributed by atoms with E-state index in [0.29, 0.717) is 31.1 Å². The molecule has 16 heavy (non-hydrogen) atoms. The molecule has 1 saturated heterocycles. The predicted molar refractivity (Wildman–Crippen MR) is 58.4 cm³/mol. The van der Waals surface area contributed by atoms with Gasteiger partial charge in [0, 0.05) is 12.2 Å². The van der Waals surface area contributed by atoms with Crippen molar-refractivity contribution in [3.63, 3.8) is 0 Å². The fraction of sp³-hybridized carbons (Fsp3) is 0.364. The lowest BCUT2D eigenvalue weighted by Crippen LogP contribution is -2.42. The van der Waals surface area contributed by atoms with Gasteiger partial charge in [0.1, 0.15) is 5.82 Å². The van der Waals surface area contributed by atoms with Crippen molar-refractivity contribution in [1.82, 2.24) is 0 Å². The second-order valence-corrected chi connectivity index (χ2v) is 3.65. The normalized spacial score (nSPS) is 20.5. The Hall–Kier alpha value is -1.80. The third-order valence-corrected chi connectivity index (χ3v) is 2.52. The second kappa shape index (κ2) is 4.37. The molecule has 2 N–H and O–H groups in total. The Kier molecular flexibility index (Phi) is 2.93. The summed E-state index contributed by atoms with van der Waals surface area (Å²) >= 11 is 0. The van der Waals surface area contributed by atoms with Crippen LogP contribution in [0.3, 0.4) is 0 Å². The highest BCUT2D eigenvalue weighted by molar-refractivity contribution is 5.54. The minimum Gasteiger partial charge on any atom is -0.399 e. The van der Waals surface area contributed by atoms with E-state index in [2.05, 4.69) is 0 Å². The zero-order chi connectivity index (χ0) is 11.5. The van der Waals surface area contributed by atoms with Gasteiger partial charge in [-0.05, 0) is 18.2 Å². The molecule has 1 fully saturated rings. The maximum Gasteiger partial charge on any atom is 0.161 e. The highest BCUT2D eigenvalue weighted by Gasteiger charge is 2.22. The molecule has 0 spiro atoms. The summed E-state index contributed by atoms with van der Waals surface area (Å²) in [7, 11) is 0. The molecule has 0 saturated carbocycles. The van der Waals surface area contributed by atoms with Crippen LogP contribution in [0.2, 0.25) is 0 Å². The van der Waals surface area contributed by atoms with E-state index in [1.165, 1.54) is 6.07 Å². The molecule has 4 nitrogen and oxygen atoms in total. The number of anilines is 2. The van der Waals surface area contributed by atoms with Crippen LogP contribution in [-0.4, -0.2) is 25.8 Å². The van der Waals surface area contributed by atoms with Gasteiger partial charge in [-0.25, -0.2) is 4.39 Å². The minimum absolute atomic E-state index is 0.362. The fourth-order valence-corrected chi connectivity index (χ4v) is 1.73. The summed E-state index contributed by atoms with van der Waals surface area (Å²) < 4.78 is 18.8. The number of benzene rings is 1. The molecule has 0 bridgehead atoms. The average Bonchev–Trinajstić information content (AvgIpc) is 2.29. The first-order chi connectivity index (χ1) is 7.70. The summed E-state index contributed by atoms with van der Waals surface area (Å²) in [5.41, 5.74) is 6.34. The second-order valence-electron chi connectivity index (χ2n) is 3.65. The van der Waals surface area contributed by atoms with Gasteiger partial charge < -0.3 is 15.4 Å². The van der Waals surface area contributed by atoms with Gasteiger partial charge >= 0.3 is 0 Å². The molecular weight excluding hydrogens is 209 g/mol. The smallest absolute Gasteiger partial charge is 0.161 e. The quantitative estimate of drug-likeness (QED) is 0.722. The van der Waals surface area contributed by atoms with Crippen molar-refractivity contribution in [2.24, 2.45) is 0 Å². The molecule has 1 aliphatic heterocycles. The van der Waals surface area contributed by atoms with Crippen molar-refractivity contribution < 1.29 is 9.13 Å². The molecule has 1 aliphatic rings. The van der Waals surface area contributed by atoms with E-state index in [1.807, 2.05) is 6.07 Å². The molecule has 0 amide bonds. The molecule has 1 aromatic rings. The van der Waals surface area contributed by atoms with Crippen LogP contribution in [-0.2, 0) is 4.74 Å². The zero-order valence-electron chi connectivity index (χ0n) is 8.69. The zero-order valence-corrected chi connectivity index (χ0v) is 8.69. The van der Waals surface area contributed by atoms with Gasteiger partial charge in [0.15, 0.2) is 6.10 Å². The van der Waals surface area contributed by atoms with Gasteiger partial charge in [-0.15, -0.1) is 0 Å². The molecule has 1 aromatic carbocycles. The van der Waals surface area contributed by atoms with Crippen molar-refractivity contribution in [1.29, 1.82) is 5.26 Å². The van der Waals surface area contributed by atoms with Crippen LogP contribution in [0, 0.1) is 17.1 Å². The van der Waals surface area contributed by atoms with Gasteiger partial charge in [-0.2, -0.15) is 5.26 Å². The number of nitrogens with two attached hydrogens (primary N) is 1. The summed E-state index contributed by atoms with van der Waals surface area (Å²) in [6.45, 7) is 1.40. The molecule has 1 unspecified atom stereocenters. The number of nitrogen functional groups attached to an aromatic ring is 1. The summed E-state index contributed by atoms with van der Waals surface area (Å²) in [6, 6.07) is 6.58. The Morgan fingerprint density at radius 3 is 3.06 bits per heavy atom. The molecule has 1 heterocycles. The minimum atomic E-state index is -0.495. The van der Waals surface area contributed by atoms with Gasteiger partial charge in [-0.1, -0.05) is 0 Å². The number of hydrogen-bond donors (Lipinski definition) is 1. The largest absolute Gasteiger partial charge is 0.399 e. The summed E-state index contributed by atoms with van der Waals surface area (Å²) in [4.78, 5) is 1.80. The molecule has 84 valence electrons. The maximum atomic E-state index is 13.6. The molecule has 0 aliphatic carbocycles. The average molecular weight is 221 g/mol. The summed E-state index contributed by atoms with van der Waals surface area (Å²) in [6.07, 6.45) is -0.495. The van der Waals surface area contributed by atoms with Crippen LogP contribution in [0.25, 0.3) is 0 Å². The maximum absolute atomic E-state index is 13.6. The van der Waals surface area contributed by atoms with E-state index in [4.69, 9.17) is 15.7 Å². The van der Waals surface area contributed by atoms with Crippen LogP contribution in [0.5, 0.6) is 0 Å². The molecule has 2 rings (SSSR count). The van der Waals surface area contributed by atoms with E-state index in [1.54, 1.807) is 17.0 Å². The number of nitriles is 1. The standard InChI is InChI=1S/C11H12FN3O/c12-10-5-8(14)1-2-11(10)15-3-4-16-9(6-13)7-15/h1-2,5,9H,3-4,7,14H2.